The van der Waals surface area contributed by atoms with Gasteiger partial charge >= 0.3 is 5.43 Å². The smallest absolute Gasteiger partial charge is 0.403 e. The van der Waals surface area contributed by atoms with Crippen LogP contribution in [-0.2, 0) is 22.0 Å². The highest BCUT2D eigenvalue weighted by atomic mass is 35.5. The summed E-state index contributed by atoms with van der Waals surface area (Å²) in [6.45, 7) is 16.9. The number of carbonyl (C=O) groups is 1. The number of carbonyl (C=O) groups excluding carboxylic acids is 1. The highest BCUT2D eigenvalue weighted by Gasteiger charge is 2.28. The maximum Gasteiger partial charge on any atom is 0.403 e. The number of hydrogen-bond donors (Lipinski definition) is 1. The molecule has 0 atom stereocenters. The lowest BCUT2D eigenvalue weighted by atomic mass is 9.76. The molecule has 3 nitrogen and oxygen atoms in total. The van der Waals surface area contributed by atoms with Crippen LogP contribution in [0.5, 0.6) is 5.75 Å². The molecule has 0 spiro atoms. The lowest BCUT2D eigenvalue weighted by Crippen LogP contribution is -2.24. The topological polar surface area (TPSA) is 46.5 Å². The maximum absolute atomic E-state index is 10.9. The van der Waals surface area contributed by atoms with Gasteiger partial charge in [0.15, 0.2) is 0 Å². The van der Waals surface area contributed by atoms with Crippen LogP contribution in [0, 0.1) is 5.41 Å². The van der Waals surface area contributed by atoms with Crippen molar-refractivity contribution in [3.05, 3.63) is 28.8 Å². The third kappa shape index (κ3) is 5.70. The quantitative estimate of drug-likeness (QED) is 0.681. The van der Waals surface area contributed by atoms with Crippen LogP contribution in [0.1, 0.15) is 72.1 Å². The van der Waals surface area contributed by atoms with Gasteiger partial charge in [-0.15, -0.1) is 0 Å². The molecule has 0 saturated carbocycles. The van der Waals surface area contributed by atoms with Gasteiger partial charge in [0.1, 0.15) is 5.75 Å². The zero-order valence-corrected chi connectivity index (χ0v) is 17.0. The standard InChI is InChI=1S/C20H31ClO3/c1-18(2,3)14-9-13(10-15(16(14)22)19(4,5)6)11-20(7,8)12-24-17(21)23/h9-10,22H,11-12H2,1-8H3. The average Bonchev–Trinajstić information content (AvgIpc) is 2.35. The molecule has 1 N–H and O–H groups in total. The van der Waals surface area contributed by atoms with Crippen molar-refractivity contribution in [1.29, 1.82) is 0 Å². The van der Waals surface area contributed by atoms with E-state index in [1.807, 2.05) is 13.8 Å². The van der Waals surface area contributed by atoms with Crippen LogP contribution in [0.4, 0.5) is 4.79 Å². The molecule has 0 heterocycles. The van der Waals surface area contributed by atoms with E-state index in [4.69, 9.17) is 16.3 Å². The van der Waals surface area contributed by atoms with Crippen molar-refractivity contribution >= 4 is 17.0 Å². The van der Waals surface area contributed by atoms with Crippen LogP contribution in [0.15, 0.2) is 12.1 Å². The first-order valence-electron chi connectivity index (χ1n) is 8.32. The summed E-state index contributed by atoms with van der Waals surface area (Å²) in [7, 11) is 0. The van der Waals surface area contributed by atoms with Gasteiger partial charge in [0, 0.05) is 17.0 Å². The largest absolute Gasteiger partial charge is 0.507 e. The summed E-state index contributed by atoms with van der Waals surface area (Å²) < 4.78 is 4.97. The number of phenolic OH excluding ortho intramolecular Hbond substituents is 1. The number of phenols is 1. The van der Waals surface area contributed by atoms with Crippen LogP contribution < -0.4 is 0 Å². The van der Waals surface area contributed by atoms with Gasteiger partial charge in [-0.05, 0) is 33.9 Å². The first-order chi connectivity index (χ1) is 10.6. The monoisotopic (exact) mass is 354 g/mol. The van der Waals surface area contributed by atoms with Gasteiger partial charge in [-0.3, -0.25) is 0 Å². The number of hydrogen-bond acceptors (Lipinski definition) is 3. The van der Waals surface area contributed by atoms with E-state index in [1.54, 1.807) is 0 Å². The predicted molar refractivity (Wildman–Crippen MR) is 100 cm³/mol. The Morgan fingerprint density at radius 3 is 1.75 bits per heavy atom. The molecule has 0 aromatic heterocycles. The fraction of sp³-hybridized carbons (Fsp3) is 0.650. The normalized spacial score (nSPS) is 13.0. The summed E-state index contributed by atoms with van der Waals surface area (Å²) in [5, 5.41) is 10.8. The van der Waals surface area contributed by atoms with Crippen LogP contribution in [0.3, 0.4) is 0 Å². The Morgan fingerprint density at radius 2 is 1.42 bits per heavy atom. The fourth-order valence-electron chi connectivity index (χ4n) is 2.80. The van der Waals surface area contributed by atoms with E-state index in [9.17, 15) is 9.90 Å². The van der Waals surface area contributed by atoms with E-state index in [2.05, 4.69) is 53.7 Å². The minimum Gasteiger partial charge on any atom is -0.507 e. The second-order valence-corrected chi connectivity index (χ2v) is 9.72. The van der Waals surface area contributed by atoms with E-state index < -0.39 is 5.43 Å². The molecule has 1 aromatic carbocycles. The Morgan fingerprint density at radius 1 is 1.00 bits per heavy atom. The van der Waals surface area contributed by atoms with E-state index in [0.717, 1.165) is 23.1 Å². The second-order valence-electron chi connectivity index (χ2n) is 9.41. The van der Waals surface area contributed by atoms with Crippen LogP contribution in [0.25, 0.3) is 0 Å². The summed E-state index contributed by atoms with van der Waals surface area (Å²) in [6, 6.07) is 4.13. The highest BCUT2D eigenvalue weighted by Crippen LogP contribution is 2.40. The molecule has 1 aromatic rings. The molecule has 0 aliphatic rings. The molecule has 24 heavy (non-hydrogen) atoms. The molecular formula is C20H31ClO3. The number of benzene rings is 1. The summed E-state index contributed by atoms with van der Waals surface area (Å²) >= 11 is 5.28. The Balaban J connectivity index is 3.31. The van der Waals surface area contributed by atoms with Crippen molar-refractivity contribution in [3.8, 4) is 5.75 Å². The Hall–Kier alpha value is -1.22. The first-order valence-corrected chi connectivity index (χ1v) is 8.70. The minimum atomic E-state index is -0.778. The third-order valence-corrected chi connectivity index (χ3v) is 4.15. The number of halogens is 1. The zero-order valence-electron chi connectivity index (χ0n) is 16.2. The van der Waals surface area contributed by atoms with Crippen molar-refractivity contribution in [2.75, 3.05) is 6.61 Å². The lowest BCUT2D eigenvalue weighted by Gasteiger charge is -2.30. The minimum absolute atomic E-state index is 0.160. The van der Waals surface area contributed by atoms with E-state index >= 15 is 0 Å². The highest BCUT2D eigenvalue weighted by molar-refractivity contribution is 6.61. The van der Waals surface area contributed by atoms with Crippen LogP contribution in [0.2, 0.25) is 0 Å². The Kier molecular flexibility index (Phi) is 6.03. The van der Waals surface area contributed by atoms with Crippen molar-refractivity contribution < 1.29 is 14.6 Å². The zero-order chi connectivity index (χ0) is 18.9. The lowest BCUT2D eigenvalue weighted by molar-refractivity contribution is 0.119. The summed E-state index contributed by atoms with van der Waals surface area (Å²) in [5.41, 5.74) is 1.66. The summed E-state index contributed by atoms with van der Waals surface area (Å²) in [4.78, 5) is 10.9. The van der Waals surface area contributed by atoms with E-state index in [1.165, 1.54) is 0 Å². The third-order valence-electron chi connectivity index (χ3n) is 4.04. The Labute approximate surface area is 151 Å². The fourth-order valence-corrected chi connectivity index (χ4v) is 2.85. The molecule has 0 unspecified atom stereocenters. The van der Waals surface area contributed by atoms with Crippen molar-refractivity contribution in [2.45, 2.75) is 72.6 Å². The SMILES string of the molecule is CC(C)(COC(=O)Cl)Cc1cc(C(C)(C)C)c(O)c(C(C)(C)C)c1. The molecule has 136 valence electrons. The van der Waals surface area contributed by atoms with Crippen LogP contribution >= 0.6 is 11.6 Å². The van der Waals surface area contributed by atoms with E-state index in [0.29, 0.717) is 5.75 Å². The van der Waals surface area contributed by atoms with Gasteiger partial charge in [-0.1, -0.05) is 67.5 Å². The van der Waals surface area contributed by atoms with Crippen molar-refractivity contribution in [2.24, 2.45) is 5.41 Å². The van der Waals surface area contributed by atoms with Gasteiger partial charge < -0.3 is 9.84 Å². The van der Waals surface area contributed by atoms with Crippen LogP contribution in [-0.4, -0.2) is 17.1 Å². The molecule has 0 bridgehead atoms. The van der Waals surface area contributed by atoms with Gasteiger partial charge in [0.25, 0.3) is 0 Å². The molecule has 0 radical (unpaired) electrons. The van der Waals surface area contributed by atoms with Crippen molar-refractivity contribution in [1.82, 2.24) is 0 Å². The molecule has 0 fully saturated rings. The van der Waals surface area contributed by atoms with Gasteiger partial charge in [0.2, 0.25) is 0 Å². The number of ether oxygens (including phenoxy) is 1. The van der Waals surface area contributed by atoms with Gasteiger partial charge in [0.05, 0.1) is 6.61 Å². The molecule has 0 aliphatic heterocycles. The maximum atomic E-state index is 10.9. The summed E-state index contributed by atoms with van der Waals surface area (Å²) in [6.07, 6.45) is 0.726. The summed E-state index contributed by atoms with van der Waals surface area (Å²) in [5.74, 6) is 0.378. The first kappa shape index (κ1) is 20.8. The van der Waals surface area contributed by atoms with E-state index in [-0.39, 0.29) is 22.9 Å². The predicted octanol–water partition coefficient (Wildman–Crippen LogP) is 5.93. The molecular weight excluding hydrogens is 324 g/mol. The Bertz CT molecular complexity index is 569. The number of rotatable bonds is 4. The van der Waals surface area contributed by atoms with Gasteiger partial charge in [-0.2, -0.15) is 0 Å². The molecule has 0 saturated heterocycles. The molecule has 4 heteroatoms. The molecule has 1 rings (SSSR count). The molecule has 0 aliphatic carbocycles. The van der Waals surface area contributed by atoms with Crippen molar-refractivity contribution in [3.63, 3.8) is 0 Å². The molecule has 0 amide bonds. The average molecular weight is 355 g/mol. The second kappa shape index (κ2) is 6.95. The van der Waals surface area contributed by atoms with Gasteiger partial charge in [-0.25, -0.2) is 4.79 Å². The number of aromatic hydroxyl groups is 1.